The second-order valence-corrected chi connectivity index (χ2v) is 4.20. The minimum absolute atomic E-state index is 0.794. The number of fused-ring (bicyclic) bond motifs is 1. The number of anilines is 1. The maximum absolute atomic E-state index is 4.46. The van der Waals surface area contributed by atoms with Gasteiger partial charge in [0.15, 0.2) is 5.82 Å². The molecule has 0 atom stereocenters. The van der Waals surface area contributed by atoms with Crippen LogP contribution >= 0.6 is 0 Å². The number of hydrogen-bond donors (Lipinski definition) is 1. The first-order valence-electron chi connectivity index (χ1n) is 6.28. The minimum Gasteiger partial charge on any atom is -0.369 e. The molecule has 0 unspecified atom stereocenters. The molecule has 4 nitrogen and oxygen atoms in total. The number of benzene rings is 1. The second-order valence-electron chi connectivity index (χ2n) is 4.20. The number of nitrogens with one attached hydrogen (secondary N) is 1. The summed E-state index contributed by atoms with van der Waals surface area (Å²) in [7, 11) is 0. The SMILES string of the molecule is CCNc1nccnc1-c1cnc2ccccc2c1. The van der Waals surface area contributed by atoms with Gasteiger partial charge in [-0.2, -0.15) is 0 Å². The molecule has 0 radical (unpaired) electrons. The van der Waals surface area contributed by atoms with Gasteiger partial charge in [-0.05, 0) is 19.1 Å². The molecule has 0 aliphatic rings. The summed E-state index contributed by atoms with van der Waals surface area (Å²) in [5.74, 6) is 0.794. The van der Waals surface area contributed by atoms with Crippen molar-refractivity contribution in [1.29, 1.82) is 0 Å². The van der Waals surface area contributed by atoms with E-state index in [1.54, 1.807) is 12.4 Å². The highest BCUT2D eigenvalue weighted by Crippen LogP contribution is 2.25. The topological polar surface area (TPSA) is 50.7 Å². The second kappa shape index (κ2) is 5.02. The summed E-state index contributed by atoms with van der Waals surface area (Å²) in [5, 5.41) is 4.33. The first-order valence-corrected chi connectivity index (χ1v) is 6.28. The molecule has 0 aliphatic carbocycles. The van der Waals surface area contributed by atoms with Gasteiger partial charge >= 0.3 is 0 Å². The van der Waals surface area contributed by atoms with E-state index in [1.807, 2.05) is 31.3 Å². The highest BCUT2D eigenvalue weighted by Gasteiger charge is 2.08. The molecule has 0 saturated heterocycles. The van der Waals surface area contributed by atoms with Crippen molar-refractivity contribution in [2.24, 2.45) is 0 Å². The molecule has 0 fully saturated rings. The van der Waals surface area contributed by atoms with Crippen molar-refractivity contribution < 1.29 is 0 Å². The van der Waals surface area contributed by atoms with E-state index in [2.05, 4.69) is 32.4 Å². The van der Waals surface area contributed by atoms with Crippen molar-refractivity contribution in [2.45, 2.75) is 6.92 Å². The van der Waals surface area contributed by atoms with Crippen LogP contribution in [0.15, 0.2) is 48.9 Å². The van der Waals surface area contributed by atoms with Gasteiger partial charge in [-0.3, -0.25) is 9.97 Å². The lowest BCUT2D eigenvalue weighted by Gasteiger charge is -2.08. The molecule has 0 bridgehead atoms. The molecule has 3 aromatic rings. The van der Waals surface area contributed by atoms with Gasteiger partial charge in [0.05, 0.1) is 5.52 Å². The number of pyridine rings is 1. The summed E-state index contributed by atoms with van der Waals surface area (Å²) in [4.78, 5) is 13.2. The quantitative estimate of drug-likeness (QED) is 0.776. The van der Waals surface area contributed by atoms with E-state index in [0.29, 0.717) is 0 Å². The molecule has 0 aliphatic heterocycles. The van der Waals surface area contributed by atoms with Gasteiger partial charge in [-0.15, -0.1) is 0 Å². The molecule has 1 aromatic carbocycles. The third kappa shape index (κ3) is 2.25. The lowest BCUT2D eigenvalue weighted by molar-refractivity contribution is 1.12. The van der Waals surface area contributed by atoms with Crippen LogP contribution in [0.25, 0.3) is 22.2 Å². The zero-order chi connectivity index (χ0) is 13.1. The Morgan fingerprint density at radius 1 is 1.05 bits per heavy atom. The van der Waals surface area contributed by atoms with Gasteiger partial charge in [0.1, 0.15) is 5.69 Å². The Morgan fingerprint density at radius 3 is 2.79 bits per heavy atom. The fraction of sp³-hybridized carbons (Fsp3) is 0.133. The Morgan fingerprint density at radius 2 is 1.89 bits per heavy atom. The molecule has 4 heteroatoms. The van der Waals surface area contributed by atoms with Crippen LogP contribution in [0, 0.1) is 0 Å². The third-order valence-corrected chi connectivity index (χ3v) is 2.91. The molecular weight excluding hydrogens is 236 g/mol. The molecule has 0 spiro atoms. The van der Waals surface area contributed by atoms with E-state index in [0.717, 1.165) is 34.5 Å². The number of aromatic nitrogens is 3. The van der Waals surface area contributed by atoms with Gasteiger partial charge in [-0.25, -0.2) is 4.98 Å². The van der Waals surface area contributed by atoms with Crippen molar-refractivity contribution in [1.82, 2.24) is 15.0 Å². The Kier molecular flexibility index (Phi) is 3.06. The molecule has 0 amide bonds. The lowest BCUT2D eigenvalue weighted by Crippen LogP contribution is -2.02. The summed E-state index contributed by atoms with van der Waals surface area (Å²) in [6, 6.07) is 10.1. The highest BCUT2D eigenvalue weighted by atomic mass is 15.0. The van der Waals surface area contributed by atoms with Crippen LogP contribution in [0.4, 0.5) is 5.82 Å². The molecule has 19 heavy (non-hydrogen) atoms. The zero-order valence-electron chi connectivity index (χ0n) is 10.7. The van der Waals surface area contributed by atoms with E-state index in [-0.39, 0.29) is 0 Å². The average molecular weight is 250 g/mol. The third-order valence-electron chi connectivity index (χ3n) is 2.91. The lowest BCUT2D eigenvalue weighted by atomic mass is 10.1. The zero-order valence-corrected chi connectivity index (χ0v) is 10.7. The van der Waals surface area contributed by atoms with Crippen molar-refractivity contribution in [3.63, 3.8) is 0 Å². The van der Waals surface area contributed by atoms with E-state index in [9.17, 15) is 0 Å². The molecule has 0 saturated carbocycles. The molecule has 3 rings (SSSR count). The van der Waals surface area contributed by atoms with Crippen LogP contribution in [-0.4, -0.2) is 21.5 Å². The normalized spacial score (nSPS) is 10.6. The van der Waals surface area contributed by atoms with E-state index < -0.39 is 0 Å². The summed E-state index contributed by atoms with van der Waals surface area (Å²) >= 11 is 0. The number of hydrogen-bond acceptors (Lipinski definition) is 4. The standard InChI is InChI=1S/C15H14N4/c1-2-16-15-14(17-7-8-18-15)12-9-11-5-3-4-6-13(11)19-10-12/h3-10H,2H2,1H3,(H,16,18). The minimum atomic E-state index is 0.794. The predicted molar refractivity (Wildman–Crippen MR) is 76.9 cm³/mol. The summed E-state index contributed by atoms with van der Waals surface area (Å²) in [6.07, 6.45) is 5.23. The van der Waals surface area contributed by atoms with E-state index >= 15 is 0 Å². The number of para-hydroxylation sites is 1. The van der Waals surface area contributed by atoms with Crippen LogP contribution in [0.2, 0.25) is 0 Å². The van der Waals surface area contributed by atoms with Crippen molar-refractivity contribution in [2.75, 3.05) is 11.9 Å². The van der Waals surface area contributed by atoms with Crippen LogP contribution in [-0.2, 0) is 0 Å². The summed E-state index contributed by atoms with van der Waals surface area (Å²) in [5.41, 5.74) is 2.80. The highest BCUT2D eigenvalue weighted by molar-refractivity contribution is 5.84. The monoisotopic (exact) mass is 250 g/mol. The Hall–Kier alpha value is -2.49. The maximum atomic E-state index is 4.46. The predicted octanol–water partition coefficient (Wildman–Crippen LogP) is 3.12. The smallest absolute Gasteiger partial charge is 0.152 e. The van der Waals surface area contributed by atoms with Gasteiger partial charge in [-0.1, -0.05) is 18.2 Å². The van der Waals surface area contributed by atoms with E-state index in [1.165, 1.54) is 0 Å². The largest absolute Gasteiger partial charge is 0.369 e. The van der Waals surface area contributed by atoms with Crippen LogP contribution in [0.5, 0.6) is 0 Å². The maximum Gasteiger partial charge on any atom is 0.152 e. The van der Waals surface area contributed by atoms with Crippen LogP contribution in [0.3, 0.4) is 0 Å². The van der Waals surface area contributed by atoms with Gasteiger partial charge in [0.25, 0.3) is 0 Å². The number of rotatable bonds is 3. The molecule has 2 heterocycles. The fourth-order valence-corrected chi connectivity index (χ4v) is 2.05. The van der Waals surface area contributed by atoms with Gasteiger partial charge < -0.3 is 5.32 Å². The van der Waals surface area contributed by atoms with Gasteiger partial charge in [0.2, 0.25) is 0 Å². The Balaban J connectivity index is 2.13. The Bertz CT molecular complexity index is 709. The molecule has 2 aromatic heterocycles. The molecular formula is C15H14N4. The first kappa shape index (κ1) is 11.6. The Labute approximate surface area is 111 Å². The first-order chi connectivity index (χ1) is 9.38. The fourth-order valence-electron chi connectivity index (χ4n) is 2.05. The summed E-state index contributed by atoms with van der Waals surface area (Å²) < 4.78 is 0. The average Bonchev–Trinajstić information content (AvgIpc) is 2.48. The van der Waals surface area contributed by atoms with Crippen molar-refractivity contribution in [3.8, 4) is 11.3 Å². The van der Waals surface area contributed by atoms with Gasteiger partial charge in [0, 0.05) is 36.1 Å². The summed E-state index contributed by atoms with van der Waals surface area (Å²) in [6.45, 7) is 2.85. The van der Waals surface area contributed by atoms with Crippen molar-refractivity contribution >= 4 is 16.7 Å². The number of nitrogens with zero attached hydrogens (tertiary/aromatic N) is 3. The van der Waals surface area contributed by atoms with E-state index in [4.69, 9.17) is 0 Å². The molecule has 1 N–H and O–H groups in total. The van der Waals surface area contributed by atoms with Crippen LogP contribution < -0.4 is 5.32 Å². The molecule has 94 valence electrons. The van der Waals surface area contributed by atoms with Crippen LogP contribution in [0.1, 0.15) is 6.92 Å². The van der Waals surface area contributed by atoms with Crippen molar-refractivity contribution in [3.05, 3.63) is 48.9 Å².